The van der Waals surface area contributed by atoms with Gasteiger partial charge in [-0.1, -0.05) is 6.58 Å². The number of aliphatic hydroxyl groups excluding tert-OH is 2. The third kappa shape index (κ3) is 7.34. The Kier molecular flexibility index (Phi) is 9.33. The highest BCUT2D eigenvalue weighted by atomic mass is 16.3. The van der Waals surface area contributed by atoms with Gasteiger partial charge in [0.05, 0.1) is 36.6 Å². The molecule has 1 aliphatic rings. The van der Waals surface area contributed by atoms with Crippen LogP contribution in [0.15, 0.2) is 108 Å². The molecule has 6 N–H and O–H groups in total. The third-order valence-corrected chi connectivity index (χ3v) is 6.10. The fourth-order valence-electron chi connectivity index (χ4n) is 4.09. The quantitative estimate of drug-likeness (QED) is 0.221. The maximum atomic E-state index is 9.27. The van der Waals surface area contributed by atoms with Crippen LogP contribution in [0.5, 0.6) is 0 Å². The molecule has 0 radical (unpaired) electrons. The van der Waals surface area contributed by atoms with Gasteiger partial charge in [-0.25, -0.2) is 9.98 Å². The van der Waals surface area contributed by atoms with E-state index in [0.717, 1.165) is 53.5 Å². The monoisotopic (exact) mass is 513 g/mol. The van der Waals surface area contributed by atoms with Crippen LogP contribution in [0, 0.1) is 0 Å². The smallest absolute Gasteiger partial charge is 0.0945 e. The molecule has 198 valence electrons. The van der Waals surface area contributed by atoms with Crippen LogP contribution < -0.4 is 21.3 Å². The zero-order chi connectivity index (χ0) is 26.7. The number of aromatic nitrogens is 2. The summed E-state index contributed by atoms with van der Waals surface area (Å²) in [4.78, 5) is 10.7. The van der Waals surface area contributed by atoms with Crippen molar-refractivity contribution >= 4 is 28.5 Å². The van der Waals surface area contributed by atoms with Gasteiger partial charge >= 0.3 is 0 Å². The minimum atomic E-state index is 0.0159. The van der Waals surface area contributed by atoms with E-state index in [4.69, 9.17) is 10.7 Å². The van der Waals surface area contributed by atoms with E-state index in [0.29, 0.717) is 24.5 Å². The highest BCUT2D eigenvalue weighted by Crippen LogP contribution is 2.25. The van der Waals surface area contributed by atoms with E-state index >= 15 is 0 Å². The van der Waals surface area contributed by atoms with E-state index in [1.54, 1.807) is 6.20 Å². The second-order valence-electron chi connectivity index (χ2n) is 8.91. The third-order valence-electron chi connectivity index (χ3n) is 6.10. The molecular formula is C29H35N7O2. The summed E-state index contributed by atoms with van der Waals surface area (Å²) in [6, 6.07) is 15.8. The van der Waals surface area contributed by atoms with Gasteiger partial charge in [0.15, 0.2) is 0 Å². The Bertz CT molecular complexity index is 1270. The van der Waals surface area contributed by atoms with E-state index < -0.39 is 0 Å². The van der Waals surface area contributed by atoms with Crippen LogP contribution in [0.3, 0.4) is 0 Å². The Hall–Kier alpha value is -4.34. The second kappa shape index (κ2) is 13.3. The standard InChI is InChI=1S/C29H35N7O2/c1-22-19-27(30)29(34-25-7-9-26(10-8-25)36(15-17-37)16-18-38)20-28(22)33-24-5-3-23(4-6-24)32-11-2-13-35-14-12-31-21-35/h3-10,12,14,19-21,32-33,37-38H,1-2,11,13,15-18,30H2/b34-29+. The predicted molar refractivity (Wildman–Crippen MR) is 155 cm³/mol. The van der Waals surface area contributed by atoms with Crippen LogP contribution in [0.2, 0.25) is 0 Å². The van der Waals surface area contributed by atoms with Gasteiger partial charge in [-0.05, 0) is 72.7 Å². The highest BCUT2D eigenvalue weighted by Gasteiger charge is 2.14. The zero-order valence-electron chi connectivity index (χ0n) is 21.4. The number of aliphatic imine (C=N–C) groups is 1. The van der Waals surface area contributed by atoms with Gasteiger partial charge in [0.2, 0.25) is 0 Å². The fraction of sp³-hybridized carbons (Fsp3) is 0.241. The molecule has 0 unspecified atom stereocenters. The van der Waals surface area contributed by atoms with Gasteiger partial charge in [-0.15, -0.1) is 0 Å². The number of aliphatic hydroxyl groups is 2. The summed E-state index contributed by atoms with van der Waals surface area (Å²) in [5, 5.41) is 25.4. The Labute approximate surface area is 223 Å². The summed E-state index contributed by atoms with van der Waals surface area (Å²) in [5.41, 5.74) is 12.7. The van der Waals surface area contributed by atoms with Crippen molar-refractivity contribution in [3.05, 3.63) is 103 Å². The lowest BCUT2D eigenvalue weighted by Gasteiger charge is -2.23. The highest BCUT2D eigenvalue weighted by molar-refractivity contribution is 6.11. The van der Waals surface area contributed by atoms with Crippen molar-refractivity contribution in [2.75, 3.05) is 48.4 Å². The number of nitrogens with one attached hydrogen (secondary N) is 2. The minimum absolute atomic E-state index is 0.0159. The van der Waals surface area contributed by atoms with Crippen LogP contribution in [0.1, 0.15) is 6.42 Å². The molecule has 0 amide bonds. The van der Waals surface area contributed by atoms with Crippen molar-refractivity contribution < 1.29 is 10.2 Å². The van der Waals surface area contributed by atoms with Crippen molar-refractivity contribution in [1.82, 2.24) is 9.55 Å². The van der Waals surface area contributed by atoms with Crippen LogP contribution in [-0.2, 0) is 6.54 Å². The van der Waals surface area contributed by atoms with Crippen molar-refractivity contribution in [2.45, 2.75) is 13.0 Å². The van der Waals surface area contributed by atoms with Gasteiger partial charge in [0, 0.05) is 61.3 Å². The molecule has 4 rings (SSSR count). The van der Waals surface area contributed by atoms with E-state index in [1.807, 2.05) is 78.1 Å². The zero-order valence-corrected chi connectivity index (χ0v) is 21.4. The Morgan fingerprint density at radius 1 is 0.974 bits per heavy atom. The molecule has 1 heterocycles. The maximum absolute atomic E-state index is 9.27. The van der Waals surface area contributed by atoms with Gasteiger partial charge in [0.25, 0.3) is 0 Å². The summed E-state index contributed by atoms with van der Waals surface area (Å²) in [5.74, 6) is 0. The number of imidazole rings is 1. The maximum Gasteiger partial charge on any atom is 0.0945 e. The number of aryl methyl sites for hydroxylation is 1. The van der Waals surface area contributed by atoms with E-state index in [1.165, 1.54) is 0 Å². The molecule has 2 aromatic carbocycles. The summed E-state index contributed by atoms with van der Waals surface area (Å²) in [7, 11) is 0. The van der Waals surface area contributed by atoms with E-state index in [9.17, 15) is 10.2 Å². The first-order chi connectivity index (χ1) is 18.6. The predicted octanol–water partition coefficient (Wildman–Crippen LogP) is 3.66. The second-order valence-corrected chi connectivity index (χ2v) is 8.91. The molecule has 3 aromatic rings. The lowest BCUT2D eigenvalue weighted by molar-refractivity contribution is 0.281. The number of nitrogens with zero attached hydrogens (tertiary/aromatic N) is 4. The van der Waals surface area contributed by atoms with Gasteiger partial charge in [0.1, 0.15) is 0 Å². The summed E-state index contributed by atoms with van der Waals surface area (Å²) in [6.45, 7) is 6.87. The van der Waals surface area contributed by atoms with Crippen LogP contribution >= 0.6 is 0 Å². The first-order valence-corrected chi connectivity index (χ1v) is 12.7. The molecule has 0 bridgehead atoms. The molecule has 0 fully saturated rings. The molecule has 38 heavy (non-hydrogen) atoms. The van der Waals surface area contributed by atoms with Crippen molar-refractivity contribution in [3.63, 3.8) is 0 Å². The van der Waals surface area contributed by atoms with Crippen LogP contribution in [0.25, 0.3) is 0 Å². The number of hydrogen-bond donors (Lipinski definition) is 5. The van der Waals surface area contributed by atoms with Gasteiger partial charge in [-0.2, -0.15) is 0 Å². The number of anilines is 3. The first-order valence-electron chi connectivity index (χ1n) is 12.7. The minimum Gasteiger partial charge on any atom is -0.397 e. The Morgan fingerprint density at radius 2 is 1.68 bits per heavy atom. The number of benzene rings is 2. The molecule has 0 atom stereocenters. The summed E-state index contributed by atoms with van der Waals surface area (Å²) in [6.07, 6.45) is 10.3. The number of nitrogens with two attached hydrogens (primary N) is 1. The molecule has 1 aromatic heterocycles. The number of hydrogen-bond acceptors (Lipinski definition) is 8. The number of allylic oxidation sites excluding steroid dienone is 2. The first kappa shape index (κ1) is 26.7. The average Bonchev–Trinajstić information content (AvgIpc) is 3.44. The lowest BCUT2D eigenvalue weighted by atomic mass is 10.0. The molecule has 9 heteroatoms. The van der Waals surface area contributed by atoms with Crippen molar-refractivity contribution in [2.24, 2.45) is 10.7 Å². The normalized spacial score (nSPS) is 14.3. The molecular weight excluding hydrogens is 478 g/mol. The SMILES string of the molecule is C=C1C=C(N)/C(=N/c2ccc(N(CCO)CCO)cc2)C=C1Nc1ccc(NCCCn2ccnc2)cc1. The van der Waals surface area contributed by atoms with E-state index in [-0.39, 0.29) is 13.2 Å². The fourth-order valence-corrected chi connectivity index (χ4v) is 4.09. The van der Waals surface area contributed by atoms with Crippen LogP contribution in [-0.4, -0.2) is 58.3 Å². The van der Waals surface area contributed by atoms with Gasteiger partial charge < -0.3 is 36.0 Å². The molecule has 9 nitrogen and oxygen atoms in total. The molecule has 0 aliphatic heterocycles. The topological polar surface area (TPSA) is 124 Å². The van der Waals surface area contributed by atoms with Crippen molar-refractivity contribution in [1.29, 1.82) is 0 Å². The Balaban J connectivity index is 1.38. The van der Waals surface area contributed by atoms with Gasteiger partial charge in [-0.3, -0.25) is 0 Å². The Morgan fingerprint density at radius 3 is 2.34 bits per heavy atom. The summed E-state index contributed by atoms with van der Waals surface area (Å²) < 4.78 is 2.07. The van der Waals surface area contributed by atoms with E-state index in [2.05, 4.69) is 26.8 Å². The summed E-state index contributed by atoms with van der Waals surface area (Å²) >= 11 is 0. The van der Waals surface area contributed by atoms with Crippen LogP contribution in [0.4, 0.5) is 22.7 Å². The van der Waals surface area contributed by atoms with Crippen molar-refractivity contribution in [3.8, 4) is 0 Å². The molecule has 0 saturated heterocycles. The largest absolute Gasteiger partial charge is 0.397 e. The lowest BCUT2D eigenvalue weighted by Crippen LogP contribution is -2.29. The molecule has 1 aliphatic carbocycles. The molecule has 0 spiro atoms. The molecule has 0 saturated carbocycles. The average molecular weight is 514 g/mol. The number of rotatable bonds is 13.